The largest absolute Gasteiger partial charge is 0.481 e. The molecule has 1 unspecified atom stereocenters. The van der Waals surface area contributed by atoms with Crippen molar-refractivity contribution in [2.45, 2.75) is 31.8 Å². The van der Waals surface area contributed by atoms with Crippen molar-refractivity contribution >= 4 is 12.0 Å². The molecule has 1 aliphatic carbocycles. The maximum absolute atomic E-state index is 11.4. The summed E-state index contributed by atoms with van der Waals surface area (Å²) in [6.45, 7) is 0.904. The van der Waals surface area contributed by atoms with Crippen molar-refractivity contribution in [2.24, 2.45) is 5.92 Å². The molecule has 0 aliphatic heterocycles. The van der Waals surface area contributed by atoms with Crippen molar-refractivity contribution in [3.05, 3.63) is 0 Å². The molecule has 0 aromatic heterocycles. The second kappa shape index (κ2) is 7.11. The van der Waals surface area contributed by atoms with Gasteiger partial charge in [0, 0.05) is 20.2 Å². The van der Waals surface area contributed by atoms with Gasteiger partial charge in [-0.15, -0.1) is 0 Å². The molecule has 1 aliphatic rings. The van der Waals surface area contributed by atoms with E-state index in [-0.39, 0.29) is 19.0 Å². The number of hydrogen-bond donors (Lipinski definition) is 3. The fourth-order valence-electron chi connectivity index (χ4n) is 1.64. The van der Waals surface area contributed by atoms with E-state index in [4.69, 9.17) is 9.84 Å². The highest BCUT2D eigenvalue weighted by atomic mass is 16.5. The second-order valence-electron chi connectivity index (χ2n) is 4.34. The number of urea groups is 1. The summed E-state index contributed by atoms with van der Waals surface area (Å²) in [4.78, 5) is 21.8. The monoisotopic (exact) mass is 244 g/mol. The number of methoxy groups -OCH3 is 1. The first-order valence-electron chi connectivity index (χ1n) is 5.88. The number of carboxylic acid groups (broad SMARTS) is 1. The quantitative estimate of drug-likeness (QED) is 0.611. The molecule has 17 heavy (non-hydrogen) atoms. The Hall–Kier alpha value is -1.30. The average Bonchev–Trinajstić information content (AvgIpc) is 2.21. The van der Waals surface area contributed by atoms with E-state index in [2.05, 4.69) is 10.6 Å². The Morgan fingerprint density at radius 1 is 1.41 bits per heavy atom. The van der Waals surface area contributed by atoms with Crippen LogP contribution < -0.4 is 10.6 Å². The lowest BCUT2D eigenvalue weighted by atomic mass is 9.85. The van der Waals surface area contributed by atoms with Gasteiger partial charge in [-0.05, 0) is 18.8 Å². The van der Waals surface area contributed by atoms with Crippen LogP contribution in [0.4, 0.5) is 4.79 Å². The van der Waals surface area contributed by atoms with Crippen LogP contribution in [-0.4, -0.2) is 43.4 Å². The van der Waals surface area contributed by atoms with Gasteiger partial charge in [0.05, 0.1) is 12.5 Å². The van der Waals surface area contributed by atoms with Crippen molar-refractivity contribution in [1.82, 2.24) is 10.6 Å². The van der Waals surface area contributed by atoms with Crippen LogP contribution in [0.2, 0.25) is 0 Å². The van der Waals surface area contributed by atoms with Crippen LogP contribution in [0.3, 0.4) is 0 Å². The van der Waals surface area contributed by atoms with Crippen LogP contribution in [-0.2, 0) is 9.53 Å². The molecule has 0 bridgehead atoms. The Morgan fingerprint density at radius 3 is 2.59 bits per heavy atom. The maximum Gasteiger partial charge on any atom is 0.314 e. The molecule has 1 saturated carbocycles. The zero-order chi connectivity index (χ0) is 12.7. The van der Waals surface area contributed by atoms with Crippen LogP contribution in [0.5, 0.6) is 0 Å². The van der Waals surface area contributed by atoms with Crippen molar-refractivity contribution in [3.8, 4) is 0 Å². The number of carboxylic acids is 1. The lowest BCUT2D eigenvalue weighted by Gasteiger charge is -2.25. The first kappa shape index (κ1) is 13.8. The summed E-state index contributed by atoms with van der Waals surface area (Å²) in [5, 5.41) is 14.0. The van der Waals surface area contributed by atoms with Crippen LogP contribution in [0, 0.1) is 5.92 Å². The van der Waals surface area contributed by atoms with Crippen molar-refractivity contribution < 1.29 is 19.4 Å². The molecule has 1 fully saturated rings. The van der Waals surface area contributed by atoms with Crippen molar-refractivity contribution in [2.75, 3.05) is 20.2 Å². The van der Waals surface area contributed by atoms with E-state index in [1.807, 2.05) is 0 Å². The van der Waals surface area contributed by atoms with E-state index in [0.717, 1.165) is 0 Å². The van der Waals surface area contributed by atoms with Gasteiger partial charge in [0.25, 0.3) is 0 Å². The Labute approximate surface area is 101 Å². The summed E-state index contributed by atoms with van der Waals surface area (Å²) in [6, 6.07) is -0.260. The molecule has 0 radical (unpaired) electrons. The summed E-state index contributed by atoms with van der Waals surface area (Å²) in [6.07, 6.45) is 3.01. The van der Waals surface area contributed by atoms with Crippen LogP contribution >= 0.6 is 0 Å². The van der Waals surface area contributed by atoms with E-state index in [9.17, 15) is 9.59 Å². The standard InChI is InChI=1S/C11H20N2O4/c1-17-9(5-10(14)15)7-13-11(16)12-6-8-3-2-4-8/h8-9H,2-7H2,1H3,(H,14,15)(H2,12,13,16). The number of carbonyl (C=O) groups excluding carboxylic acids is 1. The predicted molar refractivity (Wildman–Crippen MR) is 61.8 cm³/mol. The Kier molecular flexibility index (Phi) is 5.76. The second-order valence-corrected chi connectivity index (χ2v) is 4.34. The molecule has 6 heteroatoms. The van der Waals surface area contributed by atoms with Gasteiger partial charge in [0.2, 0.25) is 0 Å². The lowest BCUT2D eigenvalue weighted by Crippen LogP contribution is -2.43. The van der Waals surface area contributed by atoms with E-state index >= 15 is 0 Å². The zero-order valence-corrected chi connectivity index (χ0v) is 10.1. The Balaban J connectivity index is 2.09. The highest BCUT2D eigenvalue weighted by molar-refractivity contribution is 5.74. The molecule has 98 valence electrons. The molecular weight excluding hydrogens is 224 g/mol. The summed E-state index contributed by atoms with van der Waals surface area (Å²) in [7, 11) is 1.43. The Bertz CT molecular complexity index is 266. The summed E-state index contributed by atoms with van der Waals surface area (Å²) < 4.78 is 4.95. The normalized spacial score (nSPS) is 17.0. The minimum Gasteiger partial charge on any atom is -0.481 e. The summed E-state index contributed by atoms with van der Waals surface area (Å²) in [5.74, 6) is -0.327. The number of hydrogen-bond acceptors (Lipinski definition) is 3. The average molecular weight is 244 g/mol. The van der Waals surface area contributed by atoms with E-state index in [1.54, 1.807) is 0 Å². The van der Waals surface area contributed by atoms with Gasteiger partial charge in [-0.2, -0.15) is 0 Å². The fraction of sp³-hybridized carbons (Fsp3) is 0.818. The molecule has 1 atom stereocenters. The minimum atomic E-state index is -0.937. The highest BCUT2D eigenvalue weighted by Crippen LogP contribution is 2.24. The smallest absolute Gasteiger partial charge is 0.314 e. The molecule has 0 aromatic carbocycles. The van der Waals surface area contributed by atoms with Gasteiger partial charge in [-0.3, -0.25) is 4.79 Å². The number of aliphatic carboxylic acids is 1. The number of ether oxygens (including phenoxy) is 1. The molecule has 1 rings (SSSR count). The third-order valence-corrected chi connectivity index (χ3v) is 3.00. The van der Waals surface area contributed by atoms with E-state index in [0.29, 0.717) is 12.5 Å². The third-order valence-electron chi connectivity index (χ3n) is 3.00. The van der Waals surface area contributed by atoms with Gasteiger partial charge < -0.3 is 20.5 Å². The maximum atomic E-state index is 11.4. The summed E-state index contributed by atoms with van der Waals surface area (Å²) in [5.41, 5.74) is 0. The lowest BCUT2D eigenvalue weighted by molar-refractivity contribution is -0.139. The van der Waals surface area contributed by atoms with Gasteiger partial charge in [-0.25, -0.2) is 4.79 Å². The van der Waals surface area contributed by atoms with E-state index in [1.165, 1.54) is 26.4 Å². The summed E-state index contributed by atoms with van der Waals surface area (Å²) >= 11 is 0. The molecular formula is C11H20N2O4. The number of nitrogens with one attached hydrogen (secondary N) is 2. The van der Waals surface area contributed by atoms with E-state index < -0.39 is 12.1 Å². The van der Waals surface area contributed by atoms with Gasteiger partial charge in [0.15, 0.2) is 0 Å². The van der Waals surface area contributed by atoms with Crippen LogP contribution in [0.1, 0.15) is 25.7 Å². The SMILES string of the molecule is COC(CNC(=O)NCC1CCC1)CC(=O)O. The van der Waals surface area contributed by atoms with Gasteiger partial charge in [0.1, 0.15) is 0 Å². The van der Waals surface area contributed by atoms with Crippen molar-refractivity contribution in [1.29, 1.82) is 0 Å². The van der Waals surface area contributed by atoms with Gasteiger partial charge in [-0.1, -0.05) is 6.42 Å². The number of amides is 2. The highest BCUT2D eigenvalue weighted by Gasteiger charge is 2.18. The molecule has 6 nitrogen and oxygen atoms in total. The predicted octanol–water partition coefficient (Wildman–Crippen LogP) is 0.575. The molecule has 0 heterocycles. The number of rotatable bonds is 7. The first-order chi connectivity index (χ1) is 8.11. The molecule has 3 N–H and O–H groups in total. The Morgan fingerprint density at radius 2 is 2.12 bits per heavy atom. The van der Waals surface area contributed by atoms with Gasteiger partial charge >= 0.3 is 12.0 Å². The fourth-order valence-corrected chi connectivity index (χ4v) is 1.64. The van der Waals surface area contributed by atoms with Crippen molar-refractivity contribution in [3.63, 3.8) is 0 Å². The molecule has 2 amide bonds. The third kappa shape index (κ3) is 5.53. The minimum absolute atomic E-state index is 0.112. The van der Waals surface area contributed by atoms with Crippen LogP contribution in [0.25, 0.3) is 0 Å². The molecule has 0 aromatic rings. The number of carbonyl (C=O) groups is 2. The topological polar surface area (TPSA) is 87.7 Å². The molecule has 0 saturated heterocycles. The zero-order valence-electron chi connectivity index (χ0n) is 10.1. The molecule has 0 spiro atoms. The first-order valence-corrected chi connectivity index (χ1v) is 5.88. The van der Waals surface area contributed by atoms with Crippen LogP contribution in [0.15, 0.2) is 0 Å².